The average Bonchev–Trinajstić information content (AvgIpc) is 3.78. The molecule has 15 nitrogen and oxygen atoms in total. The monoisotopic (exact) mass is 644 g/mol. The molecule has 0 aliphatic carbocycles. The molecule has 2 saturated heterocycles. The van der Waals surface area contributed by atoms with Crippen LogP contribution in [0.2, 0.25) is 0 Å². The second kappa shape index (κ2) is 11.7. The molecule has 5 N–H and O–H groups in total. The highest BCUT2D eigenvalue weighted by molar-refractivity contribution is 6.14. The molecule has 46 heavy (non-hydrogen) atoms. The van der Waals surface area contributed by atoms with Crippen LogP contribution in [0.5, 0.6) is 28.7 Å². The number of carbonyl (C=O) groups excluding carboxylic acids is 1. The minimum Gasteiger partial charge on any atom is -0.493 e. The molecular weight excluding hydrogens is 612 g/mol. The number of ether oxygens (including phenoxy) is 9. The maximum absolute atomic E-state index is 13.4. The Kier molecular flexibility index (Phi) is 7.81. The van der Waals surface area contributed by atoms with Crippen molar-refractivity contribution >= 4 is 16.7 Å². The third-order valence-corrected chi connectivity index (χ3v) is 8.59. The van der Waals surface area contributed by atoms with Crippen molar-refractivity contribution in [1.29, 1.82) is 0 Å². The number of aliphatic hydroxyl groups excluding tert-OH is 4. The standard InChI is InChI=1S/C31H32O15/c1-38-19-6-14-15(7-20(19)39-2)26(16-8-40-28(36)23(16)22(14)13-3-4-18-21(5-13)44-12-43-18)45-30-27(31(37,10-32)11-42-30)46-29-25(35)24(34)17(33)9-41-29/h3-7,17,24-25,27,29-30,32-35,37H,8-12H2,1-2H3/t17-,24+,25-,27+,29+,30+,31+/m1/s1. The van der Waals surface area contributed by atoms with Gasteiger partial charge in [0.2, 0.25) is 13.1 Å². The summed E-state index contributed by atoms with van der Waals surface area (Å²) >= 11 is 0. The van der Waals surface area contributed by atoms with Crippen molar-refractivity contribution in [1.82, 2.24) is 0 Å². The molecule has 15 heteroatoms. The van der Waals surface area contributed by atoms with Crippen molar-refractivity contribution in [2.75, 3.05) is 40.8 Å². The number of hydrogen-bond donors (Lipinski definition) is 5. The molecule has 4 heterocycles. The first-order valence-electron chi connectivity index (χ1n) is 14.4. The van der Waals surface area contributed by atoms with Crippen molar-refractivity contribution in [2.24, 2.45) is 0 Å². The number of hydrogen-bond acceptors (Lipinski definition) is 15. The molecule has 0 spiro atoms. The maximum atomic E-state index is 13.4. The van der Waals surface area contributed by atoms with Gasteiger partial charge in [0.25, 0.3) is 0 Å². The quantitative estimate of drug-likeness (QED) is 0.208. The van der Waals surface area contributed by atoms with Crippen LogP contribution in [0.4, 0.5) is 0 Å². The predicted octanol–water partition coefficient (Wildman–Crippen LogP) is 0.206. The largest absolute Gasteiger partial charge is 0.493 e. The first-order chi connectivity index (χ1) is 22.2. The van der Waals surface area contributed by atoms with Crippen LogP contribution < -0.4 is 23.7 Å². The molecule has 4 aliphatic heterocycles. The molecular formula is C31H32O15. The number of cyclic esters (lactones) is 1. The van der Waals surface area contributed by atoms with Gasteiger partial charge >= 0.3 is 5.97 Å². The fourth-order valence-corrected chi connectivity index (χ4v) is 6.13. The minimum absolute atomic E-state index is 0.0603. The third-order valence-electron chi connectivity index (χ3n) is 8.59. The third kappa shape index (κ3) is 4.87. The van der Waals surface area contributed by atoms with Gasteiger partial charge < -0.3 is 68.2 Å². The zero-order chi connectivity index (χ0) is 32.3. The zero-order valence-electron chi connectivity index (χ0n) is 24.7. The van der Waals surface area contributed by atoms with Crippen LogP contribution in [0.25, 0.3) is 21.9 Å². The van der Waals surface area contributed by atoms with Gasteiger partial charge in [0, 0.05) is 16.5 Å². The van der Waals surface area contributed by atoms with Crippen LogP contribution in [0.1, 0.15) is 15.9 Å². The van der Waals surface area contributed by atoms with E-state index in [1.807, 2.05) is 0 Å². The molecule has 7 rings (SSSR count). The molecule has 0 amide bonds. The van der Waals surface area contributed by atoms with Gasteiger partial charge in [0.15, 0.2) is 35.4 Å². The van der Waals surface area contributed by atoms with Gasteiger partial charge in [-0.05, 0) is 35.2 Å². The second-order valence-corrected chi connectivity index (χ2v) is 11.3. The van der Waals surface area contributed by atoms with E-state index in [1.165, 1.54) is 14.2 Å². The lowest BCUT2D eigenvalue weighted by molar-refractivity contribution is -0.306. The van der Waals surface area contributed by atoms with E-state index in [0.717, 1.165) is 0 Å². The van der Waals surface area contributed by atoms with Crippen LogP contribution in [0.15, 0.2) is 30.3 Å². The summed E-state index contributed by atoms with van der Waals surface area (Å²) in [7, 11) is 2.94. The molecule has 2 fully saturated rings. The molecule has 246 valence electrons. The molecule has 7 atom stereocenters. The Hall–Kier alpha value is -3.93. The van der Waals surface area contributed by atoms with Gasteiger partial charge in [0.05, 0.1) is 39.6 Å². The SMILES string of the molecule is COc1cc2c(O[C@@H]3OC[C@@](O)(CO)[C@H]3O[C@@H]3OC[C@@H](O)[C@H](O)[C@H]3O)c3c(c(-c4ccc5c(c4)OCO5)c2cc1OC)C(=O)OC3. The highest BCUT2D eigenvalue weighted by Crippen LogP contribution is 2.50. The average molecular weight is 645 g/mol. The van der Waals surface area contributed by atoms with Gasteiger partial charge in [-0.15, -0.1) is 0 Å². The summed E-state index contributed by atoms with van der Waals surface area (Å²) in [6.07, 6.45) is -9.06. The number of benzene rings is 3. The lowest BCUT2D eigenvalue weighted by Crippen LogP contribution is -2.58. The van der Waals surface area contributed by atoms with Crippen LogP contribution in [0.3, 0.4) is 0 Å². The molecule has 3 aromatic carbocycles. The van der Waals surface area contributed by atoms with Crippen LogP contribution >= 0.6 is 0 Å². The topological polar surface area (TPSA) is 201 Å². The van der Waals surface area contributed by atoms with Crippen molar-refractivity contribution in [3.05, 3.63) is 41.5 Å². The highest BCUT2D eigenvalue weighted by atomic mass is 16.8. The summed E-state index contributed by atoms with van der Waals surface area (Å²) in [5, 5.41) is 52.9. The summed E-state index contributed by atoms with van der Waals surface area (Å²) in [4.78, 5) is 13.4. The highest BCUT2D eigenvalue weighted by Gasteiger charge is 2.54. The van der Waals surface area contributed by atoms with E-state index in [4.69, 9.17) is 42.6 Å². The van der Waals surface area contributed by atoms with Gasteiger partial charge in [-0.2, -0.15) is 0 Å². The fourth-order valence-electron chi connectivity index (χ4n) is 6.13. The van der Waals surface area contributed by atoms with E-state index < -0.39 is 61.8 Å². The molecule has 0 saturated carbocycles. The Balaban J connectivity index is 1.37. The van der Waals surface area contributed by atoms with E-state index >= 15 is 0 Å². The summed E-state index contributed by atoms with van der Waals surface area (Å²) in [6.45, 7) is -1.72. The number of carbonyl (C=O) groups is 1. The first kappa shape index (κ1) is 30.7. The Labute approximate surface area is 261 Å². The summed E-state index contributed by atoms with van der Waals surface area (Å²) in [5.74, 6) is 1.30. The van der Waals surface area contributed by atoms with Crippen molar-refractivity contribution in [3.63, 3.8) is 0 Å². The Morgan fingerprint density at radius 1 is 0.891 bits per heavy atom. The molecule has 0 bridgehead atoms. The van der Waals surface area contributed by atoms with Crippen LogP contribution in [-0.2, 0) is 25.6 Å². The minimum atomic E-state index is -2.02. The smallest absolute Gasteiger partial charge is 0.339 e. The van der Waals surface area contributed by atoms with Crippen molar-refractivity contribution < 1.29 is 73.0 Å². The molecule has 0 unspecified atom stereocenters. The lowest BCUT2D eigenvalue weighted by Gasteiger charge is -2.38. The van der Waals surface area contributed by atoms with Gasteiger partial charge in [0.1, 0.15) is 36.3 Å². The van der Waals surface area contributed by atoms with E-state index in [-0.39, 0.29) is 31.3 Å². The zero-order valence-corrected chi connectivity index (χ0v) is 24.7. The number of fused-ring (bicyclic) bond motifs is 3. The van der Waals surface area contributed by atoms with Crippen LogP contribution in [-0.4, -0.2) is 115 Å². The molecule has 0 radical (unpaired) electrons. The molecule has 3 aromatic rings. The van der Waals surface area contributed by atoms with E-state index in [9.17, 15) is 30.3 Å². The van der Waals surface area contributed by atoms with E-state index in [0.29, 0.717) is 50.5 Å². The van der Waals surface area contributed by atoms with E-state index in [1.54, 1.807) is 30.3 Å². The second-order valence-electron chi connectivity index (χ2n) is 11.3. The Bertz CT molecular complexity index is 1680. The van der Waals surface area contributed by atoms with Gasteiger partial charge in [-0.25, -0.2) is 4.79 Å². The predicted molar refractivity (Wildman–Crippen MR) is 153 cm³/mol. The summed E-state index contributed by atoms with van der Waals surface area (Å²) < 4.78 is 51.2. The van der Waals surface area contributed by atoms with Gasteiger partial charge in [-0.1, -0.05) is 6.07 Å². The number of esters is 1. The maximum Gasteiger partial charge on any atom is 0.339 e. The molecule has 0 aromatic heterocycles. The van der Waals surface area contributed by atoms with Crippen LogP contribution in [0, 0.1) is 0 Å². The van der Waals surface area contributed by atoms with Crippen molar-refractivity contribution in [2.45, 2.75) is 49.2 Å². The van der Waals surface area contributed by atoms with Crippen molar-refractivity contribution in [3.8, 4) is 39.9 Å². The Morgan fingerprint density at radius 3 is 2.37 bits per heavy atom. The fraction of sp³-hybridized carbons (Fsp3) is 0.452. The molecule has 4 aliphatic rings. The summed E-state index contributed by atoms with van der Waals surface area (Å²) in [5.41, 5.74) is -0.304. The van der Waals surface area contributed by atoms with E-state index in [2.05, 4.69) is 0 Å². The van der Waals surface area contributed by atoms with Gasteiger partial charge in [-0.3, -0.25) is 0 Å². The normalized spacial score (nSPS) is 29.9. The lowest BCUT2D eigenvalue weighted by atomic mass is 9.89. The number of aliphatic hydroxyl groups is 5. The summed E-state index contributed by atoms with van der Waals surface area (Å²) in [6, 6.07) is 8.64. The number of rotatable bonds is 8. The number of methoxy groups -OCH3 is 2. The first-order valence-corrected chi connectivity index (χ1v) is 14.4. The Morgan fingerprint density at radius 2 is 1.63 bits per heavy atom.